The Hall–Kier alpha value is -2.11. The van der Waals surface area contributed by atoms with Gasteiger partial charge in [-0.2, -0.15) is 0 Å². The van der Waals surface area contributed by atoms with Gasteiger partial charge >= 0.3 is 11.9 Å². The van der Waals surface area contributed by atoms with Crippen molar-refractivity contribution in [3.63, 3.8) is 0 Å². The molecule has 6 heteroatoms. The molecule has 0 saturated carbocycles. The lowest BCUT2D eigenvalue weighted by atomic mass is 10.1. The number of rotatable bonds is 5. The third-order valence-corrected chi connectivity index (χ3v) is 2.64. The SMILES string of the molecule is CCOC(=O)c1nccc(OC(=O)C(C)CC)c1N. The molecule has 1 aromatic heterocycles. The molecule has 1 heterocycles. The van der Waals surface area contributed by atoms with Gasteiger partial charge in [-0.3, -0.25) is 4.79 Å². The Bertz CT molecular complexity index is 474. The van der Waals surface area contributed by atoms with Crippen molar-refractivity contribution in [3.05, 3.63) is 18.0 Å². The maximum Gasteiger partial charge on any atom is 0.359 e. The van der Waals surface area contributed by atoms with Crippen molar-refractivity contribution in [2.45, 2.75) is 27.2 Å². The predicted molar refractivity (Wildman–Crippen MR) is 69.7 cm³/mol. The minimum Gasteiger partial charge on any atom is -0.461 e. The summed E-state index contributed by atoms with van der Waals surface area (Å²) in [5, 5.41) is 0. The number of ether oxygens (including phenoxy) is 2. The van der Waals surface area contributed by atoms with Gasteiger partial charge in [0, 0.05) is 12.3 Å². The quantitative estimate of drug-likeness (QED) is 0.817. The summed E-state index contributed by atoms with van der Waals surface area (Å²) in [6.45, 7) is 5.54. The van der Waals surface area contributed by atoms with Gasteiger partial charge in [0.15, 0.2) is 11.4 Å². The highest BCUT2D eigenvalue weighted by molar-refractivity contribution is 5.94. The Balaban J connectivity index is 2.95. The molecule has 0 radical (unpaired) electrons. The Labute approximate surface area is 111 Å². The van der Waals surface area contributed by atoms with Crippen LogP contribution < -0.4 is 10.5 Å². The molecule has 0 fully saturated rings. The van der Waals surface area contributed by atoms with Crippen LogP contribution in [0.4, 0.5) is 5.69 Å². The van der Waals surface area contributed by atoms with Crippen molar-refractivity contribution >= 4 is 17.6 Å². The van der Waals surface area contributed by atoms with E-state index in [1.807, 2.05) is 6.92 Å². The second-order valence-electron chi connectivity index (χ2n) is 4.02. The number of carbonyl (C=O) groups is 2. The van der Waals surface area contributed by atoms with Gasteiger partial charge in [-0.1, -0.05) is 13.8 Å². The maximum absolute atomic E-state index is 11.7. The minimum absolute atomic E-state index is 0.0117. The average Bonchev–Trinajstić information content (AvgIpc) is 2.40. The Morgan fingerprint density at radius 3 is 2.68 bits per heavy atom. The van der Waals surface area contributed by atoms with Crippen LogP contribution in [0.1, 0.15) is 37.7 Å². The maximum atomic E-state index is 11.7. The Morgan fingerprint density at radius 2 is 2.11 bits per heavy atom. The van der Waals surface area contributed by atoms with E-state index in [9.17, 15) is 9.59 Å². The number of carbonyl (C=O) groups excluding carboxylic acids is 2. The number of nitrogen functional groups attached to an aromatic ring is 1. The third kappa shape index (κ3) is 3.67. The number of hydrogen-bond donors (Lipinski definition) is 1. The molecule has 0 aliphatic carbocycles. The van der Waals surface area contributed by atoms with Crippen molar-refractivity contribution in [2.24, 2.45) is 5.92 Å². The molecule has 1 rings (SSSR count). The molecule has 2 N–H and O–H groups in total. The Kier molecular flexibility index (Phi) is 5.29. The van der Waals surface area contributed by atoms with Crippen LogP contribution in [0.3, 0.4) is 0 Å². The molecule has 0 amide bonds. The van der Waals surface area contributed by atoms with Crippen LogP contribution >= 0.6 is 0 Å². The first kappa shape index (κ1) is 14.9. The molecular weight excluding hydrogens is 248 g/mol. The number of pyridine rings is 1. The molecule has 0 aromatic carbocycles. The van der Waals surface area contributed by atoms with Crippen molar-refractivity contribution in [3.8, 4) is 5.75 Å². The third-order valence-electron chi connectivity index (χ3n) is 2.64. The lowest BCUT2D eigenvalue weighted by Gasteiger charge is -2.12. The summed E-state index contributed by atoms with van der Waals surface area (Å²) in [5.41, 5.74) is 5.73. The molecule has 1 unspecified atom stereocenters. The number of anilines is 1. The Morgan fingerprint density at radius 1 is 1.42 bits per heavy atom. The van der Waals surface area contributed by atoms with Crippen molar-refractivity contribution < 1.29 is 19.1 Å². The highest BCUT2D eigenvalue weighted by Gasteiger charge is 2.19. The van der Waals surface area contributed by atoms with Crippen LogP contribution in [-0.2, 0) is 9.53 Å². The smallest absolute Gasteiger partial charge is 0.359 e. The molecule has 19 heavy (non-hydrogen) atoms. The molecule has 104 valence electrons. The van der Waals surface area contributed by atoms with Gasteiger partial charge in [0.1, 0.15) is 5.69 Å². The fraction of sp³-hybridized carbons (Fsp3) is 0.462. The topological polar surface area (TPSA) is 91.5 Å². The van der Waals surface area contributed by atoms with Gasteiger partial charge in [0.2, 0.25) is 0 Å². The zero-order valence-corrected chi connectivity index (χ0v) is 11.3. The predicted octanol–water partition coefficient (Wildman–Crippen LogP) is 1.79. The van der Waals surface area contributed by atoms with E-state index in [1.165, 1.54) is 12.3 Å². The fourth-order valence-corrected chi connectivity index (χ4v) is 1.28. The lowest BCUT2D eigenvalue weighted by Crippen LogP contribution is -2.19. The van der Waals surface area contributed by atoms with E-state index in [0.717, 1.165) is 0 Å². The first-order valence-electron chi connectivity index (χ1n) is 6.14. The van der Waals surface area contributed by atoms with E-state index in [1.54, 1.807) is 13.8 Å². The van der Waals surface area contributed by atoms with Gasteiger partial charge in [0.25, 0.3) is 0 Å². The zero-order valence-electron chi connectivity index (χ0n) is 11.3. The molecule has 0 saturated heterocycles. The second kappa shape index (κ2) is 6.72. The number of nitrogens with two attached hydrogens (primary N) is 1. The number of esters is 2. The summed E-state index contributed by atoms with van der Waals surface area (Å²) in [5.74, 6) is -1.14. The van der Waals surface area contributed by atoms with Crippen LogP contribution in [0, 0.1) is 5.92 Å². The largest absolute Gasteiger partial charge is 0.461 e. The first-order valence-corrected chi connectivity index (χ1v) is 6.14. The van der Waals surface area contributed by atoms with Crippen molar-refractivity contribution in [2.75, 3.05) is 12.3 Å². The van der Waals surface area contributed by atoms with E-state index in [-0.39, 0.29) is 29.7 Å². The standard InChI is InChI=1S/C13H18N2O4/c1-4-8(3)12(16)19-9-6-7-15-11(10(9)14)13(17)18-5-2/h6-8H,4-5,14H2,1-3H3. The summed E-state index contributed by atoms with van der Waals surface area (Å²) in [6, 6.07) is 1.44. The van der Waals surface area contributed by atoms with E-state index in [4.69, 9.17) is 15.2 Å². The minimum atomic E-state index is -0.638. The summed E-state index contributed by atoms with van der Waals surface area (Å²) < 4.78 is 9.97. The molecule has 0 bridgehead atoms. The van der Waals surface area contributed by atoms with Crippen LogP contribution in [0.2, 0.25) is 0 Å². The molecule has 6 nitrogen and oxygen atoms in total. The summed E-state index contributed by atoms with van der Waals surface area (Å²) in [6.07, 6.45) is 2.01. The molecule has 1 atom stereocenters. The van der Waals surface area contributed by atoms with Gasteiger partial charge in [-0.05, 0) is 13.3 Å². The fourth-order valence-electron chi connectivity index (χ4n) is 1.28. The molecule has 0 spiro atoms. The summed E-state index contributed by atoms with van der Waals surface area (Å²) >= 11 is 0. The van der Waals surface area contributed by atoms with E-state index < -0.39 is 11.9 Å². The summed E-state index contributed by atoms with van der Waals surface area (Å²) in [4.78, 5) is 27.1. The van der Waals surface area contributed by atoms with Crippen LogP contribution in [0.15, 0.2) is 12.3 Å². The van der Waals surface area contributed by atoms with Gasteiger partial charge in [-0.15, -0.1) is 0 Å². The number of aromatic nitrogens is 1. The number of nitrogens with zero attached hydrogens (tertiary/aromatic N) is 1. The normalized spacial score (nSPS) is 11.7. The molecule has 0 aliphatic rings. The van der Waals surface area contributed by atoms with Gasteiger partial charge in [-0.25, -0.2) is 9.78 Å². The van der Waals surface area contributed by atoms with Crippen molar-refractivity contribution in [1.82, 2.24) is 4.98 Å². The molecule has 1 aromatic rings. The van der Waals surface area contributed by atoms with Gasteiger partial charge in [0.05, 0.1) is 12.5 Å². The number of hydrogen-bond acceptors (Lipinski definition) is 6. The van der Waals surface area contributed by atoms with E-state index in [2.05, 4.69) is 4.98 Å². The summed E-state index contributed by atoms with van der Waals surface area (Å²) in [7, 11) is 0. The molecule has 0 aliphatic heterocycles. The van der Waals surface area contributed by atoms with E-state index >= 15 is 0 Å². The van der Waals surface area contributed by atoms with E-state index in [0.29, 0.717) is 6.42 Å². The molecular formula is C13H18N2O4. The second-order valence-corrected chi connectivity index (χ2v) is 4.02. The van der Waals surface area contributed by atoms with Gasteiger partial charge < -0.3 is 15.2 Å². The lowest BCUT2D eigenvalue weighted by molar-refractivity contribution is -0.138. The average molecular weight is 266 g/mol. The highest BCUT2D eigenvalue weighted by Crippen LogP contribution is 2.25. The monoisotopic (exact) mass is 266 g/mol. The van der Waals surface area contributed by atoms with Crippen LogP contribution in [-0.4, -0.2) is 23.5 Å². The van der Waals surface area contributed by atoms with Crippen molar-refractivity contribution in [1.29, 1.82) is 0 Å². The highest BCUT2D eigenvalue weighted by atomic mass is 16.5. The van der Waals surface area contributed by atoms with Crippen LogP contribution in [0.5, 0.6) is 5.75 Å². The van der Waals surface area contributed by atoms with Crippen LogP contribution in [0.25, 0.3) is 0 Å². The zero-order chi connectivity index (χ0) is 14.4. The first-order chi connectivity index (χ1) is 9.01.